The number of aromatic nitrogens is 2. The van der Waals surface area contributed by atoms with Crippen molar-refractivity contribution in [3.05, 3.63) is 59.5 Å². The highest BCUT2D eigenvalue weighted by atomic mass is 32.2. The Balaban J connectivity index is 1.70. The Labute approximate surface area is 176 Å². The SMILES string of the molecule is CCS(=O)(=O)CC(=O)c1cccc(Cn2c(C3(C)CC3)cc3cc(OC)ccc32)n1. The number of carbonyl (C=O) groups excluding carboxylic acids is 1. The number of hydrogen-bond acceptors (Lipinski definition) is 5. The summed E-state index contributed by atoms with van der Waals surface area (Å²) < 4.78 is 31.3. The molecule has 158 valence electrons. The van der Waals surface area contributed by atoms with Crippen molar-refractivity contribution in [3.63, 3.8) is 0 Å². The van der Waals surface area contributed by atoms with Crippen LogP contribution in [-0.2, 0) is 21.8 Å². The van der Waals surface area contributed by atoms with E-state index in [1.165, 1.54) is 5.69 Å². The Bertz CT molecular complexity index is 1220. The molecule has 6 nitrogen and oxygen atoms in total. The van der Waals surface area contributed by atoms with E-state index in [1.807, 2.05) is 24.3 Å². The van der Waals surface area contributed by atoms with Crippen molar-refractivity contribution < 1.29 is 17.9 Å². The first-order valence-corrected chi connectivity index (χ1v) is 11.9. The number of ketones is 1. The standard InChI is InChI=1S/C23H26N2O4S/c1-4-30(27,28)15-21(26)19-7-5-6-17(24-19)14-25-20-9-8-18(29-3)12-16(20)13-22(25)23(2)10-11-23/h5-9,12-13H,4,10-11,14-15H2,1-3H3. The zero-order valence-corrected chi connectivity index (χ0v) is 18.3. The van der Waals surface area contributed by atoms with Gasteiger partial charge in [0.05, 0.1) is 19.3 Å². The van der Waals surface area contributed by atoms with Crippen molar-refractivity contribution in [2.45, 2.75) is 38.6 Å². The summed E-state index contributed by atoms with van der Waals surface area (Å²) in [7, 11) is -1.73. The molecule has 0 unspecified atom stereocenters. The van der Waals surface area contributed by atoms with E-state index in [0.717, 1.165) is 35.2 Å². The molecule has 1 aromatic carbocycles. The first-order valence-electron chi connectivity index (χ1n) is 10.1. The van der Waals surface area contributed by atoms with Crippen LogP contribution in [0.1, 0.15) is 48.6 Å². The van der Waals surface area contributed by atoms with E-state index in [2.05, 4.69) is 22.5 Å². The molecule has 2 heterocycles. The van der Waals surface area contributed by atoms with Crippen molar-refractivity contribution >= 4 is 26.5 Å². The average molecular weight is 427 g/mol. The van der Waals surface area contributed by atoms with E-state index >= 15 is 0 Å². The molecule has 1 aliphatic carbocycles. The van der Waals surface area contributed by atoms with Gasteiger partial charge in [-0.05, 0) is 49.2 Å². The summed E-state index contributed by atoms with van der Waals surface area (Å²) >= 11 is 0. The summed E-state index contributed by atoms with van der Waals surface area (Å²) in [4.78, 5) is 16.9. The molecular weight excluding hydrogens is 400 g/mol. The maximum atomic E-state index is 12.4. The van der Waals surface area contributed by atoms with Crippen LogP contribution in [0.5, 0.6) is 5.75 Å². The second kappa shape index (κ2) is 7.54. The highest BCUT2D eigenvalue weighted by Crippen LogP contribution is 2.49. The van der Waals surface area contributed by atoms with Gasteiger partial charge in [0.1, 0.15) is 17.2 Å². The van der Waals surface area contributed by atoms with Gasteiger partial charge in [0.2, 0.25) is 0 Å². The van der Waals surface area contributed by atoms with Gasteiger partial charge in [0, 0.05) is 27.8 Å². The zero-order chi connectivity index (χ0) is 21.5. The van der Waals surface area contributed by atoms with Crippen LogP contribution in [0, 0.1) is 0 Å². The molecule has 3 aromatic rings. The van der Waals surface area contributed by atoms with Gasteiger partial charge in [-0.2, -0.15) is 0 Å². The van der Waals surface area contributed by atoms with E-state index in [0.29, 0.717) is 6.54 Å². The van der Waals surface area contributed by atoms with Crippen LogP contribution < -0.4 is 4.74 Å². The van der Waals surface area contributed by atoms with Gasteiger partial charge in [0.25, 0.3) is 0 Å². The smallest absolute Gasteiger partial charge is 0.196 e. The number of sulfone groups is 1. The maximum Gasteiger partial charge on any atom is 0.196 e. The van der Waals surface area contributed by atoms with Crippen LogP contribution in [0.25, 0.3) is 10.9 Å². The Morgan fingerprint density at radius 2 is 1.97 bits per heavy atom. The van der Waals surface area contributed by atoms with Crippen LogP contribution in [-0.4, -0.2) is 42.4 Å². The second-order valence-corrected chi connectivity index (χ2v) is 10.6. The van der Waals surface area contributed by atoms with Gasteiger partial charge >= 0.3 is 0 Å². The van der Waals surface area contributed by atoms with Crippen molar-refractivity contribution in [1.29, 1.82) is 0 Å². The second-order valence-electron chi connectivity index (χ2n) is 8.22. The van der Waals surface area contributed by atoms with Crippen LogP contribution in [0.4, 0.5) is 0 Å². The molecule has 1 aliphatic rings. The molecule has 4 rings (SSSR count). The fourth-order valence-electron chi connectivity index (χ4n) is 3.75. The summed E-state index contributed by atoms with van der Waals surface area (Å²) in [6.07, 6.45) is 2.28. The lowest BCUT2D eigenvalue weighted by atomic mass is 10.1. The van der Waals surface area contributed by atoms with Crippen LogP contribution >= 0.6 is 0 Å². The number of hydrogen-bond donors (Lipinski definition) is 0. The lowest BCUT2D eigenvalue weighted by Crippen LogP contribution is -2.19. The van der Waals surface area contributed by atoms with E-state index in [9.17, 15) is 13.2 Å². The summed E-state index contributed by atoms with van der Waals surface area (Å²) in [5.74, 6) is -0.209. The van der Waals surface area contributed by atoms with Crippen LogP contribution in [0.3, 0.4) is 0 Å². The van der Waals surface area contributed by atoms with E-state index in [4.69, 9.17) is 4.74 Å². The number of benzene rings is 1. The Kier molecular flexibility index (Phi) is 5.18. The number of nitrogens with zero attached hydrogens (tertiary/aromatic N) is 2. The zero-order valence-electron chi connectivity index (χ0n) is 17.5. The van der Waals surface area contributed by atoms with Crippen molar-refractivity contribution in [1.82, 2.24) is 9.55 Å². The molecule has 0 spiro atoms. The van der Waals surface area contributed by atoms with Crippen LogP contribution in [0.15, 0.2) is 42.5 Å². The molecule has 30 heavy (non-hydrogen) atoms. The monoisotopic (exact) mass is 426 g/mol. The first kappa shape index (κ1) is 20.6. The molecule has 1 fully saturated rings. The fourth-order valence-corrected chi connectivity index (χ4v) is 4.50. The van der Waals surface area contributed by atoms with E-state index < -0.39 is 21.4 Å². The number of fused-ring (bicyclic) bond motifs is 1. The average Bonchev–Trinajstić information content (AvgIpc) is 3.38. The van der Waals surface area contributed by atoms with Crippen molar-refractivity contribution in [2.75, 3.05) is 18.6 Å². The quantitative estimate of drug-likeness (QED) is 0.513. The summed E-state index contributed by atoms with van der Waals surface area (Å²) in [6.45, 7) is 4.32. The Morgan fingerprint density at radius 3 is 2.63 bits per heavy atom. The third kappa shape index (κ3) is 3.99. The molecule has 7 heteroatoms. The number of ether oxygens (including phenoxy) is 1. The first-order chi connectivity index (χ1) is 14.2. The third-order valence-electron chi connectivity index (χ3n) is 5.93. The summed E-state index contributed by atoms with van der Waals surface area (Å²) in [5.41, 5.74) is 3.41. The third-order valence-corrected chi connectivity index (χ3v) is 7.51. The van der Waals surface area contributed by atoms with Crippen molar-refractivity contribution in [2.24, 2.45) is 0 Å². The normalized spacial score (nSPS) is 15.3. The predicted octanol–water partition coefficient (Wildman–Crippen LogP) is 3.76. The van der Waals surface area contributed by atoms with E-state index in [1.54, 1.807) is 26.2 Å². The minimum atomic E-state index is -3.39. The number of carbonyl (C=O) groups is 1. The highest BCUT2D eigenvalue weighted by Gasteiger charge is 2.42. The van der Waals surface area contributed by atoms with Gasteiger partial charge in [-0.15, -0.1) is 0 Å². The maximum absolute atomic E-state index is 12.4. The minimum Gasteiger partial charge on any atom is -0.497 e. The van der Waals surface area contributed by atoms with Gasteiger partial charge in [0.15, 0.2) is 15.6 Å². The van der Waals surface area contributed by atoms with Gasteiger partial charge < -0.3 is 9.30 Å². The topological polar surface area (TPSA) is 78.3 Å². The molecule has 0 saturated heterocycles. The highest BCUT2D eigenvalue weighted by molar-refractivity contribution is 7.92. The van der Waals surface area contributed by atoms with Gasteiger partial charge in [-0.25, -0.2) is 13.4 Å². The predicted molar refractivity (Wildman–Crippen MR) is 117 cm³/mol. The Morgan fingerprint density at radius 1 is 1.20 bits per heavy atom. The van der Waals surface area contributed by atoms with Crippen LogP contribution in [0.2, 0.25) is 0 Å². The van der Waals surface area contributed by atoms with Crippen molar-refractivity contribution in [3.8, 4) is 5.75 Å². The number of Topliss-reactive ketones (excluding diaryl/α,β-unsaturated/α-hetero) is 1. The molecule has 0 bridgehead atoms. The number of methoxy groups -OCH3 is 1. The Hall–Kier alpha value is -2.67. The summed E-state index contributed by atoms with van der Waals surface area (Å²) in [5, 5.41) is 1.11. The number of rotatable bonds is 8. The molecule has 0 N–H and O–H groups in total. The summed E-state index contributed by atoms with van der Waals surface area (Å²) in [6, 6.07) is 13.5. The molecule has 0 radical (unpaired) electrons. The lowest BCUT2D eigenvalue weighted by molar-refractivity contribution is 0.101. The molecule has 0 amide bonds. The fraction of sp³-hybridized carbons (Fsp3) is 0.391. The number of pyridine rings is 1. The van der Waals surface area contributed by atoms with E-state index in [-0.39, 0.29) is 16.9 Å². The molecule has 1 saturated carbocycles. The van der Waals surface area contributed by atoms with Gasteiger partial charge in [-0.1, -0.05) is 19.9 Å². The van der Waals surface area contributed by atoms with Gasteiger partial charge in [-0.3, -0.25) is 4.79 Å². The lowest BCUT2D eigenvalue weighted by Gasteiger charge is -2.15. The molecule has 0 aliphatic heterocycles. The molecule has 2 aromatic heterocycles. The molecule has 0 atom stereocenters. The molecular formula is C23H26N2O4S. The largest absolute Gasteiger partial charge is 0.497 e. The minimum absolute atomic E-state index is 0.0564.